The average Bonchev–Trinajstić information content (AvgIpc) is 2.48. The van der Waals surface area contributed by atoms with Crippen molar-refractivity contribution in [2.75, 3.05) is 13.7 Å². The van der Waals surface area contributed by atoms with E-state index in [1.165, 1.54) is 0 Å². The second-order valence-corrected chi connectivity index (χ2v) is 5.16. The number of amides is 1. The van der Waals surface area contributed by atoms with E-state index in [0.717, 1.165) is 5.56 Å². The molecule has 0 spiro atoms. The normalized spacial score (nSPS) is 11.0. The number of nitrogens with one attached hydrogen (secondary N) is 1. The third kappa shape index (κ3) is 3.74. The fourth-order valence-corrected chi connectivity index (χ4v) is 2.24. The molecule has 0 radical (unpaired) electrons. The molecule has 0 heterocycles. The lowest BCUT2D eigenvalue weighted by Crippen LogP contribution is -2.42. The lowest BCUT2D eigenvalue weighted by Gasteiger charge is -2.27. The van der Waals surface area contributed by atoms with E-state index in [-0.39, 0.29) is 12.5 Å². The molecule has 0 bridgehead atoms. The van der Waals surface area contributed by atoms with Crippen molar-refractivity contribution in [2.24, 2.45) is 5.41 Å². The van der Waals surface area contributed by atoms with E-state index in [9.17, 15) is 14.7 Å². The Kier molecular flexibility index (Phi) is 5.76. The van der Waals surface area contributed by atoms with Crippen molar-refractivity contribution in [3.8, 4) is 5.75 Å². The topological polar surface area (TPSA) is 75.6 Å². The number of carbonyl (C=O) groups excluding carboxylic acids is 1. The molecular weight excluding hydrogens is 270 g/mol. The second kappa shape index (κ2) is 7.11. The van der Waals surface area contributed by atoms with Crippen LogP contribution in [0.3, 0.4) is 0 Å². The summed E-state index contributed by atoms with van der Waals surface area (Å²) in [5, 5.41) is 12.1. The first-order valence-corrected chi connectivity index (χ1v) is 7.06. The molecule has 0 fully saturated rings. The molecule has 1 aromatic rings. The minimum Gasteiger partial charge on any atom is -0.497 e. The molecule has 0 aliphatic rings. The number of methoxy groups -OCH3 is 1. The molecular formula is C16H23NO4. The maximum absolute atomic E-state index is 12.2. The first-order chi connectivity index (χ1) is 9.90. The lowest BCUT2D eigenvalue weighted by molar-refractivity contribution is -0.149. The summed E-state index contributed by atoms with van der Waals surface area (Å²) < 4.78 is 5.10. The molecule has 0 aromatic heterocycles. The number of hydrogen-bond acceptors (Lipinski definition) is 3. The van der Waals surface area contributed by atoms with Gasteiger partial charge in [0, 0.05) is 12.1 Å². The molecule has 5 heteroatoms. The van der Waals surface area contributed by atoms with Crippen LogP contribution in [0.1, 0.15) is 42.6 Å². The first kappa shape index (κ1) is 17.0. The molecule has 0 aliphatic carbocycles. The summed E-state index contributed by atoms with van der Waals surface area (Å²) in [6.45, 7) is 5.59. The summed E-state index contributed by atoms with van der Waals surface area (Å²) in [6, 6.07) is 5.18. The third-order valence-electron chi connectivity index (χ3n) is 4.07. The van der Waals surface area contributed by atoms with Crippen molar-refractivity contribution in [2.45, 2.75) is 33.6 Å². The fraction of sp³-hybridized carbons (Fsp3) is 0.500. The SMILES string of the molecule is CCC(CC)(CNC(=O)c1ccc(OC)cc1C)C(=O)O. The number of carboxylic acid groups (broad SMARTS) is 1. The van der Waals surface area contributed by atoms with Crippen LogP contribution in [0.4, 0.5) is 0 Å². The molecule has 116 valence electrons. The zero-order valence-electron chi connectivity index (χ0n) is 13.0. The molecule has 2 N–H and O–H groups in total. The van der Waals surface area contributed by atoms with Gasteiger partial charge >= 0.3 is 5.97 Å². The van der Waals surface area contributed by atoms with Crippen molar-refractivity contribution >= 4 is 11.9 Å². The van der Waals surface area contributed by atoms with E-state index in [4.69, 9.17) is 4.74 Å². The van der Waals surface area contributed by atoms with Crippen LogP contribution in [0.2, 0.25) is 0 Å². The van der Waals surface area contributed by atoms with E-state index in [0.29, 0.717) is 24.2 Å². The Morgan fingerprint density at radius 1 is 1.29 bits per heavy atom. The van der Waals surface area contributed by atoms with Crippen LogP contribution in [0.25, 0.3) is 0 Å². The van der Waals surface area contributed by atoms with Gasteiger partial charge in [-0.25, -0.2) is 0 Å². The molecule has 0 unspecified atom stereocenters. The van der Waals surface area contributed by atoms with Gasteiger partial charge in [0.25, 0.3) is 5.91 Å². The maximum Gasteiger partial charge on any atom is 0.311 e. The summed E-state index contributed by atoms with van der Waals surface area (Å²) in [7, 11) is 1.57. The maximum atomic E-state index is 12.2. The Morgan fingerprint density at radius 2 is 1.90 bits per heavy atom. The highest BCUT2D eigenvalue weighted by Gasteiger charge is 2.35. The number of hydrogen-bond donors (Lipinski definition) is 2. The minimum absolute atomic E-state index is 0.125. The van der Waals surface area contributed by atoms with Gasteiger partial charge in [0.1, 0.15) is 5.75 Å². The molecule has 1 aromatic carbocycles. The van der Waals surface area contributed by atoms with Gasteiger partial charge in [0.05, 0.1) is 12.5 Å². The van der Waals surface area contributed by atoms with Gasteiger partial charge in [-0.15, -0.1) is 0 Å². The molecule has 0 saturated heterocycles. The predicted molar refractivity (Wildman–Crippen MR) is 80.7 cm³/mol. The van der Waals surface area contributed by atoms with Gasteiger partial charge in [-0.1, -0.05) is 13.8 Å². The molecule has 21 heavy (non-hydrogen) atoms. The van der Waals surface area contributed by atoms with E-state index in [2.05, 4.69) is 5.32 Å². The smallest absolute Gasteiger partial charge is 0.311 e. The summed E-state index contributed by atoms with van der Waals surface area (Å²) in [5.74, 6) is -0.451. The van der Waals surface area contributed by atoms with Crippen LogP contribution in [-0.4, -0.2) is 30.6 Å². The van der Waals surface area contributed by atoms with Gasteiger partial charge in [0.2, 0.25) is 0 Å². The number of carbonyl (C=O) groups is 2. The molecule has 0 atom stereocenters. The second-order valence-electron chi connectivity index (χ2n) is 5.16. The zero-order chi connectivity index (χ0) is 16.0. The quantitative estimate of drug-likeness (QED) is 0.810. The van der Waals surface area contributed by atoms with Crippen molar-refractivity contribution in [1.82, 2.24) is 5.32 Å². The number of benzene rings is 1. The van der Waals surface area contributed by atoms with Crippen molar-refractivity contribution in [3.63, 3.8) is 0 Å². The number of rotatable bonds is 7. The van der Waals surface area contributed by atoms with Crippen LogP contribution in [-0.2, 0) is 4.79 Å². The van der Waals surface area contributed by atoms with Crippen molar-refractivity contribution < 1.29 is 19.4 Å². The van der Waals surface area contributed by atoms with Gasteiger partial charge in [-0.2, -0.15) is 0 Å². The fourth-order valence-electron chi connectivity index (χ4n) is 2.24. The number of aliphatic carboxylic acids is 1. The highest BCUT2D eigenvalue weighted by molar-refractivity contribution is 5.96. The summed E-state index contributed by atoms with van der Waals surface area (Å²) >= 11 is 0. The van der Waals surface area contributed by atoms with Crippen LogP contribution < -0.4 is 10.1 Å². The lowest BCUT2D eigenvalue weighted by atomic mass is 9.82. The first-order valence-electron chi connectivity index (χ1n) is 7.06. The summed E-state index contributed by atoms with van der Waals surface area (Å²) in [6.07, 6.45) is 0.946. The molecule has 1 amide bonds. The van der Waals surface area contributed by atoms with E-state index in [1.54, 1.807) is 25.3 Å². The zero-order valence-corrected chi connectivity index (χ0v) is 13.0. The highest BCUT2D eigenvalue weighted by Crippen LogP contribution is 2.26. The van der Waals surface area contributed by atoms with Gasteiger partial charge in [0.15, 0.2) is 0 Å². The Labute approximate surface area is 125 Å². The summed E-state index contributed by atoms with van der Waals surface area (Å²) in [4.78, 5) is 23.6. The van der Waals surface area contributed by atoms with Gasteiger partial charge in [-0.05, 0) is 43.5 Å². The molecule has 0 aliphatic heterocycles. The van der Waals surface area contributed by atoms with Crippen molar-refractivity contribution in [3.05, 3.63) is 29.3 Å². The van der Waals surface area contributed by atoms with Crippen molar-refractivity contribution in [1.29, 1.82) is 0 Å². The number of ether oxygens (including phenoxy) is 1. The molecule has 0 saturated carbocycles. The minimum atomic E-state index is -0.907. The molecule has 5 nitrogen and oxygen atoms in total. The average molecular weight is 293 g/mol. The van der Waals surface area contributed by atoms with E-state index in [1.807, 2.05) is 20.8 Å². The van der Waals surface area contributed by atoms with E-state index < -0.39 is 11.4 Å². The Hall–Kier alpha value is -2.04. The summed E-state index contributed by atoms with van der Waals surface area (Å²) in [5.41, 5.74) is 0.416. The Morgan fingerprint density at radius 3 is 2.33 bits per heavy atom. The van der Waals surface area contributed by atoms with Gasteiger partial charge < -0.3 is 15.2 Å². The van der Waals surface area contributed by atoms with E-state index >= 15 is 0 Å². The molecule has 1 rings (SSSR count). The standard InChI is InChI=1S/C16H23NO4/c1-5-16(6-2,15(19)20)10-17-14(18)13-8-7-12(21-4)9-11(13)3/h7-9H,5-6,10H2,1-4H3,(H,17,18)(H,19,20). The van der Waals surface area contributed by atoms with Crippen LogP contribution >= 0.6 is 0 Å². The number of aryl methyl sites for hydroxylation is 1. The Bertz CT molecular complexity index is 521. The monoisotopic (exact) mass is 293 g/mol. The highest BCUT2D eigenvalue weighted by atomic mass is 16.5. The largest absolute Gasteiger partial charge is 0.497 e. The van der Waals surface area contributed by atoms with Crippen LogP contribution in [0.5, 0.6) is 5.75 Å². The Balaban J connectivity index is 2.84. The van der Waals surface area contributed by atoms with Crippen LogP contribution in [0.15, 0.2) is 18.2 Å². The third-order valence-corrected chi connectivity index (χ3v) is 4.07. The van der Waals surface area contributed by atoms with Gasteiger partial charge in [-0.3, -0.25) is 9.59 Å². The number of carboxylic acids is 1. The predicted octanol–water partition coefficient (Wildman–Crippen LogP) is 2.62. The van der Waals surface area contributed by atoms with Crippen LogP contribution in [0, 0.1) is 12.3 Å².